The van der Waals surface area contributed by atoms with E-state index in [2.05, 4.69) is 10.6 Å². The number of nitrogens with zero attached hydrogens (tertiary/aromatic N) is 1. The second-order valence-electron chi connectivity index (χ2n) is 8.18. The summed E-state index contributed by atoms with van der Waals surface area (Å²) in [6, 6.07) is 14.1. The number of carbonyl (C=O) groups excluding carboxylic acids is 2. The summed E-state index contributed by atoms with van der Waals surface area (Å²) in [7, 11) is 1.61. The van der Waals surface area contributed by atoms with Gasteiger partial charge in [0.2, 0.25) is 5.91 Å². The van der Waals surface area contributed by atoms with Crippen molar-refractivity contribution in [3.63, 3.8) is 0 Å². The average Bonchev–Trinajstić information content (AvgIpc) is 3.31. The fraction of sp³-hybridized carbons (Fsp3) is 0.440. The SMILES string of the molecule is COc1ccc(N(CCCNC(=O)CCC2CCCC2)C(=O)Nc2cccc(Cl)c2)cc1. The van der Waals surface area contributed by atoms with E-state index in [1.54, 1.807) is 36.3 Å². The number of benzene rings is 2. The van der Waals surface area contributed by atoms with Gasteiger partial charge in [-0.25, -0.2) is 4.79 Å². The first-order chi connectivity index (χ1) is 15.5. The lowest BCUT2D eigenvalue weighted by atomic mass is 10.0. The van der Waals surface area contributed by atoms with Gasteiger partial charge in [0.1, 0.15) is 5.75 Å². The second kappa shape index (κ2) is 12.3. The van der Waals surface area contributed by atoms with Crippen LogP contribution in [-0.2, 0) is 4.79 Å². The molecule has 0 saturated heterocycles. The summed E-state index contributed by atoms with van der Waals surface area (Å²) in [6.07, 6.45) is 7.31. The third-order valence-corrected chi connectivity index (χ3v) is 6.08. The minimum atomic E-state index is -0.259. The molecule has 0 unspecified atom stereocenters. The summed E-state index contributed by atoms with van der Waals surface area (Å²) in [6.45, 7) is 0.988. The number of nitrogens with one attached hydrogen (secondary N) is 2. The Morgan fingerprint density at radius 2 is 1.88 bits per heavy atom. The number of hydrogen-bond donors (Lipinski definition) is 2. The fourth-order valence-electron chi connectivity index (χ4n) is 4.05. The number of hydrogen-bond acceptors (Lipinski definition) is 3. The Morgan fingerprint density at radius 1 is 1.12 bits per heavy atom. The van der Waals surface area contributed by atoms with Crippen LogP contribution in [-0.4, -0.2) is 32.1 Å². The fourth-order valence-corrected chi connectivity index (χ4v) is 4.25. The van der Waals surface area contributed by atoms with E-state index in [4.69, 9.17) is 16.3 Å². The van der Waals surface area contributed by atoms with Crippen LogP contribution in [0.3, 0.4) is 0 Å². The Labute approximate surface area is 195 Å². The number of anilines is 2. The zero-order valence-electron chi connectivity index (χ0n) is 18.6. The monoisotopic (exact) mass is 457 g/mol. The van der Waals surface area contributed by atoms with Gasteiger partial charge in [0.05, 0.1) is 7.11 Å². The standard InChI is InChI=1S/C25H32ClN3O3/c1-32-23-13-11-22(12-14-23)29(25(31)28-21-9-4-8-20(26)18-21)17-5-16-27-24(30)15-10-19-6-2-3-7-19/h4,8-9,11-14,18-19H,2-3,5-7,10,15-17H2,1H3,(H,27,30)(H,28,31). The molecule has 172 valence electrons. The predicted molar refractivity (Wildman–Crippen MR) is 130 cm³/mol. The van der Waals surface area contributed by atoms with E-state index in [0.717, 1.165) is 17.9 Å². The minimum Gasteiger partial charge on any atom is -0.497 e. The number of rotatable bonds is 10. The number of urea groups is 1. The largest absolute Gasteiger partial charge is 0.497 e. The van der Waals surface area contributed by atoms with E-state index in [-0.39, 0.29) is 11.9 Å². The maximum atomic E-state index is 13.0. The van der Waals surface area contributed by atoms with Gasteiger partial charge in [0.15, 0.2) is 0 Å². The van der Waals surface area contributed by atoms with Gasteiger partial charge in [-0.2, -0.15) is 0 Å². The molecule has 32 heavy (non-hydrogen) atoms. The van der Waals surface area contributed by atoms with Gasteiger partial charge >= 0.3 is 6.03 Å². The number of carbonyl (C=O) groups is 2. The van der Waals surface area contributed by atoms with Crippen molar-refractivity contribution in [2.45, 2.75) is 44.9 Å². The van der Waals surface area contributed by atoms with Crippen LogP contribution in [0.5, 0.6) is 5.75 Å². The normalized spacial score (nSPS) is 13.6. The first-order valence-corrected chi connectivity index (χ1v) is 11.7. The maximum Gasteiger partial charge on any atom is 0.326 e. The molecular weight excluding hydrogens is 426 g/mol. The molecule has 0 bridgehead atoms. The number of halogens is 1. The molecule has 2 N–H and O–H groups in total. The Balaban J connectivity index is 1.54. The van der Waals surface area contributed by atoms with E-state index in [9.17, 15) is 9.59 Å². The van der Waals surface area contributed by atoms with Crippen LogP contribution < -0.4 is 20.3 Å². The van der Waals surface area contributed by atoms with E-state index >= 15 is 0 Å². The molecule has 7 heteroatoms. The lowest BCUT2D eigenvalue weighted by molar-refractivity contribution is -0.121. The van der Waals surface area contributed by atoms with Crippen molar-refractivity contribution in [1.82, 2.24) is 5.32 Å². The van der Waals surface area contributed by atoms with Crippen LogP contribution in [0, 0.1) is 5.92 Å². The molecule has 6 nitrogen and oxygen atoms in total. The summed E-state index contributed by atoms with van der Waals surface area (Å²) in [5.74, 6) is 1.52. The van der Waals surface area contributed by atoms with Crippen molar-refractivity contribution in [2.75, 3.05) is 30.4 Å². The number of ether oxygens (including phenoxy) is 1. The van der Waals surface area contributed by atoms with E-state index in [1.165, 1.54) is 25.7 Å². The van der Waals surface area contributed by atoms with Crippen LogP contribution in [0.1, 0.15) is 44.9 Å². The van der Waals surface area contributed by atoms with Gasteiger partial charge < -0.3 is 15.4 Å². The number of methoxy groups -OCH3 is 1. The van der Waals surface area contributed by atoms with Crippen molar-refractivity contribution in [3.8, 4) is 5.75 Å². The molecule has 0 spiro atoms. The van der Waals surface area contributed by atoms with Crippen molar-refractivity contribution in [2.24, 2.45) is 5.92 Å². The van der Waals surface area contributed by atoms with Gasteiger partial charge in [0.25, 0.3) is 0 Å². The third kappa shape index (κ3) is 7.45. The zero-order valence-corrected chi connectivity index (χ0v) is 19.4. The summed E-state index contributed by atoms with van der Waals surface area (Å²) >= 11 is 6.04. The highest BCUT2D eigenvalue weighted by Gasteiger charge is 2.18. The van der Waals surface area contributed by atoms with Crippen molar-refractivity contribution < 1.29 is 14.3 Å². The van der Waals surface area contributed by atoms with E-state index < -0.39 is 0 Å². The average molecular weight is 458 g/mol. The third-order valence-electron chi connectivity index (χ3n) is 5.84. The van der Waals surface area contributed by atoms with Gasteiger partial charge in [-0.1, -0.05) is 43.4 Å². The Bertz CT molecular complexity index is 882. The molecule has 2 aromatic carbocycles. The highest BCUT2D eigenvalue weighted by molar-refractivity contribution is 6.30. The Kier molecular flexibility index (Phi) is 9.23. The number of amides is 3. The molecule has 1 saturated carbocycles. The molecule has 0 aliphatic heterocycles. The minimum absolute atomic E-state index is 0.0938. The van der Waals surface area contributed by atoms with Gasteiger partial charge in [-0.15, -0.1) is 0 Å². The second-order valence-corrected chi connectivity index (χ2v) is 8.62. The highest BCUT2D eigenvalue weighted by Crippen LogP contribution is 2.28. The lowest BCUT2D eigenvalue weighted by Crippen LogP contribution is -2.37. The lowest BCUT2D eigenvalue weighted by Gasteiger charge is -2.24. The Hall–Kier alpha value is -2.73. The molecule has 3 rings (SSSR count). The smallest absolute Gasteiger partial charge is 0.326 e. The van der Waals surface area contributed by atoms with Crippen molar-refractivity contribution in [3.05, 3.63) is 53.6 Å². The highest BCUT2D eigenvalue weighted by atomic mass is 35.5. The Morgan fingerprint density at radius 3 is 2.56 bits per heavy atom. The van der Waals surface area contributed by atoms with E-state index in [0.29, 0.717) is 42.6 Å². The van der Waals surface area contributed by atoms with E-state index in [1.807, 2.05) is 24.3 Å². The maximum absolute atomic E-state index is 13.0. The molecular formula is C25H32ClN3O3. The molecule has 1 fully saturated rings. The summed E-state index contributed by atoms with van der Waals surface area (Å²) < 4.78 is 5.22. The van der Waals surface area contributed by atoms with Crippen LogP contribution in [0.2, 0.25) is 5.02 Å². The van der Waals surface area contributed by atoms with Crippen LogP contribution in [0.25, 0.3) is 0 Å². The molecule has 1 aliphatic carbocycles. The summed E-state index contributed by atoms with van der Waals surface area (Å²) in [5, 5.41) is 6.44. The molecule has 2 aromatic rings. The van der Waals surface area contributed by atoms with Gasteiger partial charge in [-0.3, -0.25) is 9.69 Å². The first-order valence-electron chi connectivity index (χ1n) is 11.3. The predicted octanol–water partition coefficient (Wildman–Crippen LogP) is 5.86. The summed E-state index contributed by atoms with van der Waals surface area (Å²) in [4.78, 5) is 26.8. The quantitative estimate of drug-likeness (QED) is 0.438. The van der Waals surface area contributed by atoms with Crippen molar-refractivity contribution >= 4 is 34.9 Å². The molecule has 1 aliphatic rings. The summed E-state index contributed by atoms with van der Waals surface area (Å²) in [5.41, 5.74) is 1.37. The molecule has 0 atom stereocenters. The first kappa shape index (κ1) is 23.9. The van der Waals surface area contributed by atoms with Crippen molar-refractivity contribution in [1.29, 1.82) is 0 Å². The molecule has 0 aromatic heterocycles. The van der Waals surface area contributed by atoms with Gasteiger partial charge in [0, 0.05) is 35.9 Å². The van der Waals surface area contributed by atoms with Crippen LogP contribution >= 0.6 is 11.6 Å². The van der Waals surface area contributed by atoms with Gasteiger partial charge in [-0.05, 0) is 61.2 Å². The topological polar surface area (TPSA) is 70.7 Å². The molecule has 0 radical (unpaired) electrons. The molecule has 3 amide bonds. The molecule has 0 heterocycles. The van der Waals surface area contributed by atoms with Crippen LogP contribution in [0.15, 0.2) is 48.5 Å². The zero-order chi connectivity index (χ0) is 22.8. The van der Waals surface area contributed by atoms with Crippen LogP contribution in [0.4, 0.5) is 16.2 Å².